The molecule has 11 nitrogen and oxygen atoms in total. The predicted octanol–water partition coefficient (Wildman–Crippen LogP) is -0.519. The zero-order valence-corrected chi connectivity index (χ0v) is 16.9. The van der Waals surface area contributed by atoms with Crippen LogP contribution in [-0.4, -0.2) is 56.7 Å². The van der Waals surface area contributed by atoms with E-state index in [1.54, 1.807) is 24.3 Å². The molecule has 1 aromatic rings. The van der Waals surface area contributed by atoms with Crippen molar-refractivity contribution < 1.29 is 38.2 Å². The first-order valence-corrected chi connectivity index (χ1v) is 8.90. The molecule has 0 aromatic heterocycles. The SMILES string of the molecule is COC(=O)C(C(=O)OC)[C@H](C)[C@H](NC(=O)CNC(=O)OCc1ccccc1)C(N)=O. The minimum Gasteiger partial charge on any atom is -0.468 e. The second kappa shape index (κ2) is 12.0. The highest BCUT2D eigenvalue weighted by molar-refractivity contribution is 5.97. The van der Waals surface area contributed by atoms with Gasteiger partial charge in [-0.1, -0.05) is 37.3 Å². The van der Waals surface area contributed by atoms with Crippen LogP contribution in [0.3, 0.4) is 0 Å². The van der Waals surface area contributed by atoms with Gasteiger partial charge in [0.25, 0.3) is 0 Å². The van der Waals surface area contributed by atoms with E-state index in [1.807, 2.05) is 6.07 Å². The molecule has 164 valence electrons. The van der Waals surface area contributed by atoms with Crippen LogP contribution in [0.25, 0.3) is 0 Å². The molecule has 0 unspecified atom stereocenters. The summed E-state index contributed by atoms with van der Waals surface area (Å²) in [5.74, 6) is -6.22. The van der Waals surface area contributed by atoms with Crippen molar-refractivity contribution in [3.63, 3.8) is 0 Å². The monoisotopic (exact) mass is 423 g/mol. The first kappa shape index (κ1) is 24.4. The number of alkyl carbamates (subject to hydrolysis) is 1. The van der Waals surface area contributed by atoms with Crippen molar-refractivity contribution in [2.24, 2.45) is 17.6 Å². The smallest absolute Gasteiger partial charge is 0.407 e. The molecule has 3 amide bonds. The van der Waals surface area contributed by atoms with Gasteiger partial charge in [-0.2, -0.15) is 0 Å². The molecule has 0 aliphatic rings. The second-order valence-corrected chi connectivity index (χ2v) is 6.25. The van der Waals surface area contributed by atoms with Crippen molar-refractivity contribution in [2.45, 2.75) is 19.6 Å². The van der Waals surface area contributed by atoms with Crippen LogP contribution < -0.4 is 16.4 Å². The first-order valence-electron chi connectivity index (χ1n) is 8.90. The Balaban J connectivity index is 2.65. The molecule has 1 aromatic carbocycles. The summed E-state index contributed by atoms with van der Waals surface area (Å²) in [7, 11) is 2.13. The van der Waals surface area contributed by atoms with E-state index in [1.165, 1.54) is 6.92 Å². The highest BCUT2D eigenvalue weighted by Crippen LogP contribution is 2.19. The van der Waals surface area contributed by atoms with Crippen molar-refractivity contribution in [3.8, 4) is 0 Å². The summed E-state index contributed by atoms with van der Waals surface area (Å²) in [6.07, 6.45) is -0.848. The quantitative estimate of drug-likeness (QED) is 0.257. The highest BCUT2D eigenvalue weighted by Gasteiger charge is 2.41. The molecule has 1 rings (SSSR count). The summed E-state index contributed by atoms with van der Waals surface area (Å²) in [6.45, 7) is 0.843. The van der Waals surface area contributed by atoms with Crippen LogP contribution in [0.1, 0.15) is 12.5 Å². The van der Waals surface area contributed by atoms with Crippen LogP contribution in [0.15, 0.2) is 30.3 Å². The van der Waals surface area contributed by atoms with Crippen LogP contribution in [0, 0.1) is 11.8 Å². The number of primary amides is 1. The zero-order chi connectivity index (χ0) is 22.7. The molecule has 0 aliphatic carbocycles. The van der Waals surface area contributed by atoms with E-state index in [4.69, 9.17) is 10.5 Å². The Labute approximate surface area is 173 Å². The van der Waals surface area contributed by atoms with E-state index in [0.29, 0.717) is 0 Å². The molecule has 0 heterocycles. The lowest BCUT2D eigenvalue weighted by molar-refractivity contribution is -0.162. The number of esters is 2. The van der Waals surface area contributed by atoms with Gasteiger partial charge in [-0.3, -0.25) is 19.2 Å². The molecule has 0 bridgehead atoms. The van der Waals surface area contributed by atoms with Gasteiger partial charge in [-0.25, -0.2) is 4.79 Å². The van der Waals surface area contributed by atoms with Crippen LogP contribution >= 0.6 is 0 Å². The van der Waals surface area contributed by atoms with Gasteiger partial charge in [0.15, 0.2) is 5.92 Å². The third kappa shape index (κ3) is 7.41. The Morgan fingerprint density at radius 3 is 2.07 bits per heavy atom. The van der Waals surface area contributed by atoms with Gasteiger partial charge < -0.3 is 30.6 Å². The van der Waals surface area contributed by atoms with Crippen LogP contribution in [0.5, 0.6) is 0 Å². The van der Waals surface area contributed by atoms with Gasteiger partial charge in [0.05, 0.1) is 14.2 Å². The lowest BCUT2D eigenvalue weighted by Gasteiger charge is -2.26. The van der Waals surface area contributed by atoms with E-state index in [0.717, 1.165) is 19.8 Å². The third-order valence-electron chi connectivity index (χ3n) is 4.19. The lowest BCUT2D eigenvalue weighted by Crippen LogP contribution is -2.54. The number of rotatable bonds is 10. The van der Waals surface area contributed by atoms with Crippen LogP contribution in [0.2, 0.25) is 0 Å². The molecule has 11 heteroatoms. The fourth-order valence-corrected chi connectivity index (χ4v) is 2.58. The number of carbonyl (C=O) groups excluding carboxylic acids is 5. The van der Waals surface area contributed by atoms with E-state index in [-0.39, 0.29) is 6.61 Å². The number of amides is 3. The molecule has 0 spiro atoms. The van der Waals surface area contributed by atoms with Crippen LogP contribution in [-0.2, 0) is 40.0 Å². The van der Waals surface area contributed by atoms with Crippen molar-refractivity contribution in [1.82, 2.24) is 10.6 Å². The second-order valence-electron chi connectivity index (χ2n) is 6.25. The van der Waals surface area contributed by atoms with Crippen LogP contribution in [0.4, 0.5) is 4.79 Å². The maximum absolute atomic E-state index is 12.1. The zero-order valence-electron chi connectivity index (χ0n) is 16.9. The number of nitrogens with two attached hydrogens (primary N) is 1. The fraction of sp³-hybridized carbons (Fsp3) is 0.421. The number of hydrogen-bond acceptors (Lipinski definition) is 8. The normalized spacial score (nSPS) is 12.3. The standard InChI is InChI=1S/C19H25N3O8/c1-11(14(17(25)28-2)18(26)29-3)15(16(20)24)22-13(23)9-21-19(27)30-10-12-7-5-4-6-8-12/h4-8,11,14-15H,9-10H2,1-3H3,(H2,20,24)(H,21,27)(H,22,23)/t11-,15-/m0/s1. The van der Waals surface area contributed by atoms with E-state index in [9.17, 15) is 24.0 Å². The molecular weight excluding hydrogens is 398 g/mol. The summed E-state index contributed by atoms with van der Waals surface area (Å²) in [6, 6.07) is 7.50. The summed E-state index contributed by atoms with van der Waals surface area (Å²) < 4.78 is 14.1. The Hall–Kier alpha value is -3.63. The molecule has 30 heavy (non-hydrogen) atoms. The Morgan fingerprint density at radius 2 is 1.57 bits per heavy atom. The molecule has 2 atom stereocenters. The van der Waals surface area contributed by atoms with E-state index in [2.05, 4.69) is 20.1 Å². The number of methoxy groups -OCH3 is 2. The molecule has 0 saturated carbocycles. The van der Waals surface area contributed by atoms with Gasteiger partial charge in [0, 0.05) is 5.92 Å². The van der Waals surface area contributed by atoms with Gasteiger partial charge in [-0.05, 0) is 5.56 Å². The number of ether oxygens (including phenoxy) is 3. The van der Waals surface area contributed by atoms with Gasteiger partial charge in [0.2, 0.25) is 11.8 Å². The Kier molecular flexibility index (Phi) is 9.80. The summed E-state index contributed by atoms with van der Waals surface area (Å²) in [5, 5.41) is 4.51. The van der Waals surface area contributed by atoms with E-state index >= 15 is 0 Å². The first-order chi connectivity index (χ1) is 14.2. The summed E-state index contributed by atoms with van der Waals surface area (Å²) >= 11 is 0. The third-order valence-corrected chi connectivity index (χ3v) is 4.19. The molecule has 4 N–H and O–H groups in total. The average Bonchev–Trinajstić information content (AvgIpc) is 2.74. The van der Waals surface area contributed by atoms with E-state index < -0.39 is 54.3 Å². The van der Waals surface area contributed by atoms with Crippen molar-refractivity contribution in [1.29, 1.82) is 0 Å². The maximum atomic E-state index is 12.1. The molecule has 0 aliphatic heterocycles. The van der Waals surface area contributed by atoms with Crippen molar-refractivity contribution in [2.75, 3.05) is 20.8 Å². The number of nitrogens with one attached hydrogen (secondary N) is 2. The van der Waals surface area contributed by atoms with Crippen molar-refractivity contribution in [3.05, 3.63) is 35.9 Å². The minimum atomic E-state index is -1.48. The minimum absolute atomic E-state index is 0.00910. The lowest BCUT2D eigenvalue weighted by atomic mass is 9.87. The fourth-order valence-electron chi connectivity index (χ4n) is 2.58. The summed E-state index contributed by atoms with van der Waals surface area (Å²) in [5.41, 5.74) is 6.07. The molecule has 0 radical (unpaired) electrons. The van der Waals surface area contributed by atoms with Gasteiger partial charge in [0.1, 0.15) is 19.2 Å². The largest absolute Gasteiger partial charge is 0.468 e. The Bertz CT molecular complexity index is 752. The number of hydrogen-bond donors (Lipinski definition) is 3. The number of benzene rings is 1. The van der Waals surface area contributed by atoms with Crippen molar-refractivity contribution >= 4 is 29.8 Å². The highest BCUT2D eigenvalue weighted by atomic mass is 16.6. The van der Waals surface area contributed by atoms with Gasteiger partial charge in [-0.15, -0.1) is 0 Å². The average molecular weight is 423 g/mol. The predicted molar refractivity (Wildman–Crippen MR) is 102 cm³/mol. The van der Waals surface area contributed by atoms with Gasteiger partial charge >= 0.3 is 18.0 Å². The molecular formula is C19H25N3O8. The molecule has 0 fully saturated rings. The summed E-state index contributed by atoms with van der Waals surface area (Å²) in [4.78, 5) is 59.4. The number of carbonyl (C=O) groups is 5. The Morgan fingerprint density at radius 1 is 1.00 bits per heavy atom. The maximum Gasteiger partial charge on any atom is 0.407 e. The molecule has 0 saturated heterocycles. The topological polar surface area (TPSA) is 163 Å².